The van der Waals surface area contributed by atoms with E-state index in [4.69, 9.17) is 4.74 Å². The second-order valence-corrected chi connectivity index (χ2v) is 18.3. The normalized spacial score (nSPS) is 27.8. The summed E-state index contributed by atoms with van der Waals surface area (Å²) in [5.74, 6) is -1.12. The van der Waals surface area contributed by atoms with Crippen molar-refractivity contribution in [3.05, 3.63) is 63.7 Å². The topological polar surface area (TPSA) is 154 Å². The number of aliphatic hydroxyl groups is 1. The molecule has 3 amide bonds. The number of ether oxygens (including phenoxy) is 1. The van der Waals surface area contributed by atoms with Gasteiger partial charge in [0.25, 0.3) is 11.6 Å². The Morgan fingerprint density at radius 1 is 1.08 bits per heavy atom. The smallest absolute Gasteiger partial charge is 0.269 e. The first-order chi connectivity index (χ1) is 22.9. The van der Waals surface area contributed by atoms with E-state index in [0.29, 0.717) is 37.2 Å². The third-order valence-corrected chi connectivity index (χ3v) is 13.4. The zero-order chi connectivity index (χ0) is 34.4. The fraction of sp³-hybridized carbons (Fsp3) is 0.571. The van der Waals surface area contributed by atoms with E-state index in [2.05, 4.69) is 0 Å². The number of fused-ring (bicyclic) bond motifs is 2. The minimum Gasteiger partial charge on any atom is -0.432 e. The molecule has 258 valence electrons. The van der Waals surface area contributed by atoms with Gasteiger partial charge in [-0.2, -0.15) is 0 Å². The van der Waals surface area contributed by atoms with Crippen LogP contribution in [0.15, 0.2) is 42.5 Å². The van der Waals surface area contributed by atoms with Crippen molar-refractivity contribution in [2.75, 3.05) is 29.5 Å². The Hall–Kier alpha value is -3.65. The molecule has 48 heavy (non-hydrogen) atoms. The highest BCUT2D eigenvalue weighted by atomic mass is 28.4. The van der Waals surface area contributed by atoms with Crippen molar-refractivity contribution in [3.8, 4) is 0 Å². The molecule has 0 aromatic heterocycles. The molecule has 5 atom stereocenters. The van der Waals surface area contributed by atoms with Crippen LogP contribution in [0.3, 0.4) is 0 Å². The highest BCUT2D eigenvalue weighted by Gasteiger charge is 2.66. The molecule has 3 saturated heterocycles. The van der Waals surface area contributed by atoms with Crippen LogP contribution in [-0.2, 0) is 31.3 Å². The number of rotatable bonds is 8. The van der Waals surface area contributed by atoms with Gasteiger partial charge in [-0.15, -0.1) is 0 Å². The number of nitro groups is 1. The Labute approximate surface area is 281 Å². The van der Waals surface area contributed by atoms with Crippen LogP contribution in [0.1, 0.15) is 69.4 Å². The number of aliphatic hydroxyl groups excluding tert-OH is 1. The summed E-state index contributed by atoms with van der Waals surface area (Å²) in [6.45, 7) is 6.52. The van der Waals surface area contributed by atoms with Crippen LogP contribution in [0, 0.1) is 16.0 Å². The molecule has 4 heterocycles. The molecule has 2 N–H and O–H groups in total. The van der Waals surface area contributed by atoms with Crippen LogP contribution in [0.5, 0.6) is 0 Å². The Balaban J connectivity index is 1.37. The minimum absolute atomic E-state index is 0.0757. The highest BCUT2D eigenvalue weighted by Crippen LogP contribution is 2.60. The van der Waals surface area contributed by atoms with E-state index >= 15 is 0 Å². The number of anilines is 2. The van der Waals surface area contributed by atoms with Crippen LogP contribution < -0.4 is 9.80 Å². The maximum absolute atomic E-state index is 14.8. The van der Waals surface area contributed by atoms with E-state index in [1.807, 2.05) is 36.1 Å². The zero-order valence-corrected chi connectivity index (χ0v) is 29.0. The molecule has 0 saturated carbocycles. The largest absolute Gasteiger partial charge is 0.432 e. The number of benzene rings is 2. The molecule has 3 fully saturated rings. The number of likely N-dealkylation sites (tertiary alicyclic amines) is 1. The molecule has 2 aromatic rings. The molecule has 0 unspecified atom stereocenters. The summed E-state index contributed by atoms with van der Waals surface area (Å²) >= 11 is 0. The van der Waals surface area contributed by atoms with Crippen molar-refractivity contribution >= 4 is 43.1 Å². The summed E-state index contributed by atoms with van der Waals surface area (Å²) in [6, 6.07) is 11.6. The van der Waals surface area contributed by atoms with Crippen molar-refractivity contribution in [1.29, 1.82) is 0 Å². The second kappa shape index (κ2) is 13.3. The van der Waals surface area contributed by atoms with Crippen molar-refractivity contribution in [2.45, 2.75) is 101 Å². The van der Waals surface area contributed by atoms with Gasteiger partial charge in [0.1, 0.15) is 0 Å². The minimum atomic E-state index is -3.09. The molecule has 1 spiro atoms. The van der Waals surface area contributed by atoms with Crippen molar-refractivity contribution in [3.63, 3.8) is 0 Å². The maximum Gasteiger partial charge on any atom is 0.269 e. The molecule has 4 aliphatic rings. The predicted octanol–water partition coefficient (Wildman–Crippen LogP) is 4.61. The van der Waals surface area contributed by atoms with Gasteiger partial charge in [0.15, 0.2) is 13.9 Å². The number of hydrogen-bond acceptors (Lipinski definition) is 8. The lowest BCUT2D eigenvalue weighted by atomic mass is 9.82. The fourth-order valence-electron chi connectivity index (χ4n) is 8.62. The summed E-state index contributed by atoms with van der Waals surface area (Å²) in [5.41, 5.74) is 0.0220. The summed E-state index contributed by atoms with van der Waals surface area (Å²) < 4.78 is 6.76. The standard InChI is InChI=1S/C35H46N4O8Si/c1-23-33(48(2,3)46)30(20-32(42)37-17-9-12-27(37)22-40)47-35(23)28-19-26(39(44)45)14-15-29(28)38(34(35)43)21-24-10-8-11-25(18-24)36-16-7-5-4-6-13-31(36)41/h8,10-11,14-15,18-19,23,27,30,33,40,46H,4-7,9,12-13,16-17,20-22H2,1-3H3/t23-,27+,30+,33-,35+/m1/s1. The van der Waals surface area contributed by atoms with E-state index in [1.165, 1.54) is 12.1 Å². The Morgan fingerprint density at radius 3 is 2.58 bits per heavy atom. The number of carbonyl (C=O) groups excluding carboxylic acids is 3. The van der Waals surface area contributed by atoms with Crippen LogP contribution in [0.25, 0.3) is 0 Å². The monoisotopic (exact) mass is 678 g/mol. The third kappa shape index (κ3) is 6.05. The van der Waals surface area contributed by atoms with Crippen molar-refractivity contribution < 1.29 is 33.9 Å². The molecule has 2 aromatic carbocycles. The van der Waals surface area contributed by atoms with Gasteiger partial charge in [-0.1, -0.05) is 31.9 Å². The predicted molar refractivity (Wildman–Crippen MR) is 182 cm³/mol. The van der Waals surface area contributed by atoms with Gasteiger partial charge in [-0.3, -0.25) is 24.5 Å². The lowest BCUT2D eigenvalue weighted by Crippen LogP contribution is -2.46. The number of amides is 3. The number of nitro benzene ring substituents is 1. The van der Waals surface area contributed by atoms with Gasteiger partial charge in [0, 0.05) is 54.4 Å². The molecular formula is C35H46N4O8Si. The SMILES string of the molecule is C[C@@H]1[C@@H]([Si](C)(C)O)[C@H](CC(=O)N2CCC[C@H]2CO)O[C@@]12C(=O)N(Cc1cccc(N3CCCCCCC3=O)c1)c1ccc([N+](=O)[O-])cc12. The summed E-state index contributed by atoms with van der Waals surface area (Å²) in [5, 5.41) is 21.8. The van der Waals surface area contributed by atoms with Gasteiger partial charge in [0.2, 0.25) is 11.8 Å². The molecule has 0 aliphatic carbocycles. The van der Waals surface area contributed by atoms with Gasteiger partial charge >= 0.3 is 0 Å². The lowest BCUT2D eigenvalue weighted by molar-refractivity contribution is -0.385. The number of hydrogen-bond donors (Lipinski definition) is 2. The van der Waals surface area contributed by atoms with E-state index in [-0.39, 0.29) is 43.1 Å². The number of carbonyl (C=O) groups is 3. The van der Waals surface area contributed by atoms with E-state index in [1.54, 1.807) is 29.0 Å². The first-order valence-electron chi connectivity index (χ1n) is 17.2. The zero-order valence-electron chi connectivity index (χ0n) is 28.0. The number of non-ortho nitro benzene ring substituents is 1. The molecular weight excluding hydrogens is 632 g/mol. The van der Waals surface area contributed by atoms with Crippen molar-refractivity contribution in [2.24, 2.45) is 5.92 Å². The van der Waals surface area contributed by atoms with Gasteiger partial charge in [0.05, 0.1) is 42.3 Å². The Bertz CT molecular complexity index is 1600. The average Bonchev–Trinajstić information content (AvgIpc) is 3.69. The highest BCUT2D eigenvalue weighted by molar-refractivity contribution is 6.71. The van der Waals surface area contributed by atoms with Crippen molar-refractivity contribution in [1.82, 2.24) is 4.90 Å². The molecule has 0 bridgehead atoms. The van der Waals surface area contributed by atoms with Gasteiger partial charge in [-0.05, 0) is 62.5 Å². The average molecular weight is 679 g/mol. The Kier molecular flexibility index (Phi) is 9.51. The Morgan fingerprint density at radius 2 is 1.85 bits per heavy atom. The van der Waals surface area contributed by atoms with Crippen LogP contribution in [0.2, 0.25) is 18.6 Å². The van der Waals surface area contributed by atoms with Gasteiger partial charge < -0.3 is 29.3 Å². The third-order valence-electron chi connectivity index (χ3n) is 10.8. The number of nitrogens with zero attached hydrogens (tertiary/aromatic N) is 4. The van der Waals surface area contributed by atoms with E-state index in [9.17, 15) is 34.4 Å². The summed E-state index contributed by atoms with van der Waals surface area (Å²) in [6.07, 6.45) is 4.98. The summed E-state index contributed by atoms with van der Waals surface area (Å²) in [4.78, 5) is 69.6. The van der Waals surface area contributed by atoms with E-state index < -0.39 is 42.3 Å². The second-order valence-electron chi connectivity index (χ2n) is 14.4. The van der Waals surface area contributed by atoms with E-state index in [0.717, 1.165) is 43.4 Å². The van der Waals surface area contributed by atoms with Gasteiger partial charge in [-0.25, -0.2) is 0 Å². The first kappa shape index (κ1) is 34.2. The maximum atomic E-state index is 14.8. The molecule has 13 heteroatoms. The molecule has 0 radical (unpaired) electrons. The van der Waals surface area contributed by atoms with Crippen LogP contribution >= 0.6 is 0 Å². The first-order valence-corrected chi connectivity index (χ1v) is 20.2. The molecule has 4 aliphatic heterocycles. The molecule has 12 nitrogen and oxygen atoms in total. The molecule has 6 rings (SSSR count). The van der Waals surface area contributed by atoms with Crippen LogP contribution in [-0.4, -0.2) is 77.6 Å². The quantitative estimate of drug-likeness (QED) is 0.233. The summed E-state index contributed by atoms with van der Waals surface area (Å²) in [7, 11) is -3.09. The lowest BCUT2D eigenvalue weighted by Gasteiger charge is -2.32. The fourth-order valence-corrected chi connectivity index (χ4v) is 11.2. The van der Waals surface area contributed by atoms with Crippen LogP contribution in [0.4, 0.5) is 17.1 Å².